The molecule has 1 saturated heterocycles. The Hall–Kier alpha value is -1.06. The van der Waals surface area contributed by atoms with Crippen LogP contribution in [0.5, 0.6) is 0 Å². The van der Waals surface area contributed by atoms with Gasteiger partial charge in [0.05, 0.1) is 0 Å². The number of likely N-dealkylation sites (N-methyl/N-ethyl adjacent to an activating group) is 1. The largest absolute Gasteiger partial charge is 0.366 e. The van der Waals surface area contributed by atoms with E-state index in [0.717, 1.165) is 19.6 Å². The fourth-order valence-electron chi connectivity index (χ4n) is 2.83. The van der Waals surface area contributed by atoms with Gasteiger partial charge in [-0.15, -0.1) is 0 Å². The molecular weight excluding hydrogens is 222 g/mol. The van der Waals surface area contributed by atoms with Crippen molar-refractivity contribution in [3.8, 4) is 0 Å². The highest BCUT2D eigenvalue weighted by Crippen LogP contribution is 2.26. The van der Waals surface area contributed by atoms with Crippen molar-refractivity contribution < 1.29 is 0 Å². The summed E-state index contributed by atoms with van der Waals surface area (Å²) in [6.07, 6.45) is 0. The van der Waals surface area contributed by atoms with E-state index in [9.17, 15) is 0 Å². The van der Waals surface area contributed by atoms with Crippen LogP contribution in [0, 0.1) is 13.8 Å². The van der Waals surface area contributed by atoms with Crippen molar-refractivity contribution in [1.82, 2.24) is 4.90 Å². The first kappa shape index (κ1) is 13.4. The minimum atomic E-state index is 0.459. The molecule has 0 aromatic heterocycles. The molecule has 1 aliphatic heterocycles. The summed E-state index contributed by atoms with van der Waals surface area (Å²) in [5.74, 6) is 0. The second-order valence-corrected chi connectivity index (χ2v) is 5.62. The van der Waals surface area contributed by atoms with E-state index in [1.54, 1.807) is 0 Å². The quantitative estimate of drug-likeness (QED) is 0.864. The van der Waals surface area contributed by atoms with Gasteiger partial charge in [-0.25, -0.2) is 0 Å². The molecule has 0 amide bonds. The van der Waals surface area contributed by atoms with Gasteiger partial charge in [-0.2, -0.15) is 0 Å². The Morgan fingerprint density at radius 1 is 1.28 bits per heavy atom. The van der Waals surface area contributed by atoms with Gasteiger partial charge in [0.15, 0.2) is 0 Å². The van der Waals surface area contributed by atoms with E-state index < -0.39 is 0 Å². The fourth-order valence-corrected chi connectivity index (χ4v) is 2.83. The van der Waals surface area contributed by atoms with Crippen LogP contribution in [0.1, 0.15) is 18.1 Å². The van der Waals surface area contributed by atoms with E-state index in [1.807, 2.05) is 0 Å². The molecule has 100 valence electrons. The summed E-state index contributed by atoms with van der Waals surface area (Å²) >= 11 is 0. The summed E-state index contributed by atoms with van der Waals surface area (Å²) in [4.78, 5) is 4.89. The van der Waals surface area contributed by atoms with Crippen LogP contribution in [0.3, 0.4) is 0 Å². The van der Waals surface area contributed by atoms with E-state index in [1.165, 1.54) is 16.8 Å². The number of hydrogen-bond acceptors (Lipinski definition) is 3. The third-order valence-electron chi connectivity index (χ3n) is 4.06. The lowest BCUT2D eigenvalue weighted by Gasteiger charge is -2.45. The Kier molecular flexibility index (Phi) is 3.93. The van der Waals surface area contributed by atoms with Crippen LogP contribution >= 0.6 is 0 Å². The molecule has 0 aliphatic carbocycles. The summed E-state index contributed by atoms with van der Waals surface area (Å²) in [5.41, 5.74) is 9.93. The summed E-state index contributed by atoms with van der Waals surface area (Å²) < 4.78 is 0. The van der Waals surface area contributed by atoms with Crippen molar-refractivity contribution in [3.63, 3.8) is 0 Å². The van der Waals surface area contributed by atoms with Crippen LogP contribution in [0.25, 0.3) is 0 Å². The standard InChI is InChI=1S/C15H25N3/c1-11-5-6-12(2)15(7-11)18-10-14(8-16)17(4)9-13(18)3/h5-7,13-14H,8-10,16H2,1-4H3. The first-order valence-electron chi connectivity index (χ1n) is 6.77. The molecule has 1 aromatic carbocycles. The molecular formula is C15H25N3. The first-order valence-corrected chi connectivity index (χ1v) is 6.77. The van der Waals surface area contributed by atoms with Gasteiger partial charge in [0, 0.05) is 37.4 Å². The van der Waals surface area contributed by atoms with E-state index in [0.29, 0.717) is 12.1 Å². The van der Waals surface area contributed by atoms with Crippen LogP contribution in [0.2, 0.25) is 0 Å². The van der Waals surface area contributed by atoms with Crippen LogP contribution in [-0.2, 0) is 0 Å². The normalized spacial score (nSPS) is 25.5. The summed E-state index contributed by atoms with van der Waals surface area (Å²) in [6, 6.07) is 7.69. The Labute approximate surface area is 111 Å². The molecule has 2 atom stereocenters. The van der Waals surface area contributed by atoms with E-state index in [2.05, 4.69) is 55.8 Å². The maximum absolute atomic E-state index is 5.88. The monoisotopic (exact) mass is 247 g/mol. The van der Waals surface area contributed by atoms with Gasteiger partial charge in [0.1, 0.15) is 0 Å². The van der Waals surface area contributed by atoms with Crippen molar-refractivity contribution in [3.05, 3.63) is 29.3 Å². The predicted molar refractivity (Wildman–Crippen MR) is 78.2 cm³/mol. The zero-order valence-electron chi connectivity index (χ0n) is 12.0. The molecule has 0 spiro atoms. The Bertz CT molecular complexity index is 416. The van der Waals surface area contributed by atoms with Gasteiger partial charge in [-0.1, -0.05) is 12.1 Å². The van der Waals surface area contributed by atoms with Gasteiger partial charge in [-0.3, -0.25) is 4.90 Å². The number of nitrogens with zero attached hydrogens (tertiary/aromatic N) is 2. The van der Waals surface area contributed by atoms with Crippen LogP contribution in [0.4, 0.5) is 5.69 Å². The molecule has 2 rings (SSSR count). The van der Waals surface area contributed by atoms with Gasteiger partial charge in [-0.05, 0) is 45.0 Å². The van der Waals surface area contributed by atoms with E-state index in [4.69, 9.17) is 5.73 Å². The van der Waals surface area contributed by atoms with Gasteiger partial charge in [0.2, 0.25) is 0 Å². The fraction of sp³-hybridized carbons (Fsp3) is 0.600. The molecule has 3 heteroatoms. The molecule has 3 nitrogen and oxygen atoms in total. The zero-order chi connectivity index (χ0) is 13.3. The second-order valence-electron chi connectivity index (χ2n) is 5.62. The lowest BCUT2D eigenvalue weighted by Crippen LogP contribution is -2.58. The first-order chi connectivity index (χ1) is 8.52. The van der Waals surface area contributed by atoms with E-state index >= 15 is 0 Å². The minimum Gasteiger partial charge on any atom is -0.366 e. The number of aryl methyl sites for hydroxylation is 2. The average Bonchev–Trinajstić information content (AvgIpc) is 2.33. The molecule has 1 aliphatic rings. The molecule has 18 heavy (non-hydrogen) atoms. The van der Waals surface area contributed by atoms with Gasteiger partial charge >= 0.3 is 0 Å². The van der Waals surface area contributed by atoms with Crippen LogP contribution < -0.4 is 10.6 Å². The molecule has 2 unspecified atom stereocenters. The highest BCUT2D eigenvalue weighted by Gasteiger charge is 2.29. The third kappa shape index (κ3) is 2.52. The van der Waals surface area contributed by atoms with Gasteiger partial charge in [0.25, 0.3) is 0 Å². The lowest BCUT2D eigenvalue weighted by molar-refractivity contribution is 0.197. The van der Waals surface area contributed by atoms with Crippen molar-refractivity contribution in [2.24, 2.45) is 5.73 Å². The highest BCUT2D eigenvalue weighted by molar-refractivity contribution is 5.56. The van der Waals surface area contributed by atoms with Gasteiger partial charge < -0.3 is 10.6 Å². The van der Waals surface area contributed by atoms with Crippen molar-refractivity contribution >= 4 is 5.69 Å². The number of hydrogen-bond donors (Lipinski definition) is 1. The Morgan fingerprint density at radius 3 is 2.67 bits per heavy atom. The molecule has 2 N–H and O–H groups in total. The minimum absolute atomic E-state index is 0.459. The van der Waals surface area contributed by atoms with Crippen LogP contribution in [-0.4, -0.2) is 43.7 Å². The molecule has 0 bridgehead atoms. The number of rotatable bonds is 2. The predicted octanol–water partition coefficient (Wildman–Crippen LogP) is 1.77. The van der Waals surface area contributed by atoms with Crippen molar-refractivity contribution in [2.45, 2.75) is 32.9 Å². The summed E-state index contributed by atoms with van der Waals surface area (Å²) in [7, 11) is 2.18. The van der Waals surface area contributed by atoms with Crippen molar-refractivity contribution in [1.29, 1.82) is 0 Å². The number of nitrogens with two attached hydrogens (primary N) is 1. The average molecular weight is 247 g/mol. The summed E-state index contributed by atoms with van der Waals surface area (Å²) in [6.45, 7) is 9.48. The lowest BCUT2D eigenvalue weighted by atomic mass is 10.0. The smallest absolute Gasteiger partial charge is 0.0401 e. The molecule has 0 radical (unpaired) electrons. The maximum Gasteiger partial charge on any atom is 0.0401 e. The van der Waals surface area contributed by atoms with E-state index in [-0.39, 0.29) is 0 Å². The Morgan fingerprint density at radius 2 is 2.00 bits per heavy atom. The highest BCUT2D eigenvalue weighted by atomic mass is 15.3. The molecule has 1 heterocycles. The number of anilines is 1. The SMILES string of the molecule is Cc1ccc(C)c(N2CC(CN)N(C)CC2C)c1. The van der Waals surface area contributed by atoms with Crippen LogP contribution in [0.15, 0.2) is 18.2 Å². The topological polar surface area (TPSA) is 32.5 Å². The third-order valence-corrected chi connectivity index (χ3v) is 4.06. The molecule has 1 aromatic rings. The van der Waals surface area contributed by atoms with Crippen molar-refractivity contribution in [2.75, 3.05) is 31.6 Å². The number of benzene rings is 1. The Balaban J connectivity index is 2.28. The number of piperazine rings is 1. The molecule has 0 saturated carbocycles. The molecule has 1 fully saturated rings. The zero-order valence-corrected chi connectivity index (χ0v) is 12.0. The maximum atomic E-state index is 5.88. The second kappa shape index (κ2) is 5.29. The summed E-state index contributed by atoms with van der Waals surface area (Å²) in [5, 5.41) is 0.